The third kappa shape index (κ3) is 2.92. The van der Waals surface area contributed by atoms with E-state index in [2.05, 4.69) is 11.4 Å². The molecule has 1 saturated heterocycles. The summed E-state index contributed by atoms with van der Waals surface area (Å²) in [5.74, 6) is -4.94. The van der Waals surface area contributed by atoms with E-state index in [-0.39, 0.29) is 0 Å². The summed E-state index contributed by atoms with van der Waals surface area (Å²) in [6.07, 6.45) is 0. The van der Waals surface area contributed by atoms with Crippen molar-refractivity contribution in [2.24, 2.45) is 17.6 Å². The maximum atomic E-state index is 12.6. The molecule has 26 heavy (non-hydrogen) atoms. The quantitative estimate of drug-likeness (QED) is 0.713. The number of hydrogen-bond donors (Lipinski definition) is 3. The first-order chi connectivity index (χ1) is 12.4. The zero-order chi connectivity index (χ0) is 18.9. The predicted molar refractivity (Wildman–Crippen MR) is 94.5 cm³/mol. The summed E-state index contributed by atoms with van der Waals surface area (Å²) in [6, 6.07) is 16.8. The molecule has 3 rings (SSSR count). The smallest absolute Gasteiger partial charge is 0.235 e. The van der Waals surface area contributed by atoms with Crippen LogP contribution in [-0.4, -0.2) is 16.9 Å². The molecule has 132 valence electrons. The number of carbonyl (C=O) groups is 2. The second kappa shape index (κ2) is 6.79. The number of nitriles is 1. The molecule has 0 spiro atoms. The minimum Gasteiger partial charge on any atom is -0.369 e. The van der Waals surface area contributed by atoms with Crippen LogP contribution in [0.15, 0.2) is 54.6 Å². The maximum Gasteiger partial charge on any atom is 0.235 e. The van der Waals surface area contributed by atoms with Crippen LogP contribution in [0.4, 0.5) is 0 Å². The first-order valence-electron chi connectivity index (χ1n) is 7.93. The molecule has 0 aliphatic carbocycles. The van der Waals surface area contributed by atoms with Crippen LogP contribution in [0.5, 0.6) is 0 Å². The lowest BCUT2D eigenvalue weighted by Crippen LogP contribution is -2.62. The summed E-state index contributed by atoms with van der Waals surface area (Å²) < 4.78 is 0. The van der Waals surface area contributed by atoms with E-state index in [0.29, 0.717) is 16.1 Å². The topological polar surface area (TPSA) is 116 Å². The van der Waals surface area contributed by atoms with E-state index in [4.69, 9.17) is 17.3 Å². The summed E-state index contributed by atoms with van der Waals surface area (Å²) >= 11 is 5.92. The van der Waals surface area contributed by atoms with E-state index in [1.807, 2.05) is 0 Å². The van der Waals surface area contributed by atoms with Crippen molar-refractivity contribution in [3.8, 4) is 6.07 Å². The van der Waals surface area contributed by atoms with Gasteiger partial charge in [-0.05, 0) is 17.7 Å². The molecule has 0 aromatic heterocycles. The molecule has 2 amide bonds. The number of primary amides is 1. The van der Waals surface area contributed by atoms with E-state index in [9.17, 15) is 20.0 Å². The molecule has 7 heteroatoms. The van der Waals surface area contributed by atoms with Gasteiger partial charge in [0.1, 0.15) is 11.8 Å². The monoisotopic (exact) mass is 369 g/mol. The van der Waals surface area contributed by atoms with Gasteiger partial charge in [0.15, 0.2) is 5.72 Å². The maximum absolute atomic E-state index is 12.6. The van der Waals surface area contributed by atoms with Crippen LogP contribution in [0.25, 0.3) is 0 Å². The Labute approximate surface area is 155 Å². The number of amides is 2. The average Bonchev–Trinajstić information content (AvgIpc) is 2.62. The van der Waals surface area contributed by atoms with E-state index < -0.39 is 35.3 Å². The highest BCUT2D eigenvalue weighted by atomic mass is 35.5. The fourth-order valence-electron chi connectivity index (χ4n) is 3.45. The average molecular weight is 370 g/mol. The van der Waals surface area contributed by atoms with Crippen molar-refractivity contribution in [3.63, 3.8) is 0 Å². The molecule has 4 unspecified atom stereocenters. The van der Waals surface area contributed by atoms with Gasteiger partial charge in [0, 0.05) is 16.5 Å². The molecular formula is C19H16ClN3O3. The van der Waals surface area contributed by atoms with Gasteiger partial charge in [-0.1, -0.05) is 54.1 Å². The van der Waals surface area contributed by atoms with Gasteiger partial charge >= 0.3 is 0 Å². The molecule has 0 saturated carbocycles. The Bertz CT molecular complexity index is 879. The summed E-state index contributed by atoms with van der Waals surface area (Å²) in [5, 5.41) is 23.9. The van der Waals surface area contributed by atoms with Crippen molar-refractivity contribution < 1.29 is 14.7 Å². The molecule has 6 nitrogen and oxygen atoms in total. The first kappa shape index (κ1) is 17.9. The van der Waals surface area contributed by atoms with E-state index >= 15 is 0 Å². The van der Waals surface area contributed by atoms with Gasteiger partial charge in [-0.2, -0.15) is 5.26 Å². The highest BCUT2D eigenvalue weighted by Gasteiger charge is 2.55. The van der Waals surface area contributed by atoms with Crippen molar-refractivity contribution in [1.82, 2.24) is 5.32 Å². The Morgan fingerprint density at radius 1 is 1.19 bits per heavy atom. The lowest BCUT2D eigenvalue weighted by atomic mass is 9.67. The van der Waals surface area contributed by atoms with Gasteiger partial charge in [0.25, 0.3) is 0 Å². The van der Waals surface area contributed by atoms with Gasteiger partial charge in [0.2, 0.25) is 11.8 Å². The van der Waals surface area contributed by atoms with Crippen molar-refractivity contribution in [2.75, 3.05) is 0 Å². The molecule has 2 aromatic rings. The number of benzene rings is 2. The number of aliphatic hydroxyl groups is 1. The van der Waals surface area contributed by atoms with Crippen LogP contribution in [0.3, 0.4) is 0 Å². The fourth-order valence-corrected chi connectivity index (χ4v) is 3.58. The summed E-state index contributed by atoms with van der Waals surface area (Å²) in [7, 11) is 0. The molecule has 2 aromatic carbocycles. The third-order valence-electron chi connectivity index (χ3n) is 4.68. The highest BCUT2D eigenvalue weighted by Crippen LogP contribution is 2.45. The van der Waals surface area contributed by atoms with Gasteiger partial charge in [-0.15, -0.1) is 0 Å². The largest absolute Gasteiger partial charge is 0.369 e. The molecule has 1 heterocycles. The van der Waals surface area contributed by atoms with Crippen LogP contribution in [0.1, 0.15) is 17.0 Å². The second-order valence-corrected chi connectivity index (χ2v) is 6.62. The Kier molecular flexibility index (Phi) is 4.68. The van der Waals surface area contributed by atoms with Crippen molar-refractivity contribution >= 4 is 23.4 Å². The fraction of sp³-hybridized carbons (Fsp3) is 0.211. The Morgan fingerprint density at radius 3 is 2.35 bits per heavy atom. The molecule has 1 fully saturated rings. The van der Waals surface area contributed by atoms with Gasteiger partial charge in [-0.3, -0.25) is 9.59 Å². The van der Waals surface area contributed by atoms with E-state index in [1.54, 1.807) is 54.6 Å². The third-order valence-corrected chi connectivity index (χ3v) is 4.93. The lowest BCUT2D eigenvalue weighted by molar-refractivity contribution is -0.153. The zero-order valence-electron chi connectivity index (χ0n) is 13.6. The summed E-state index contributed by atoms with van der Waals surface area (Å²) in [4.78, 5) is 24.6. The SMILES string of the molecule is N#CC1C(c2ccc(Cl)cc2)C(C(N)=O)C(=O)NC1(O)c1ccccc1. The Hall–Kier alpha value is -2.88. The normalized spacial score (nSPS) is 28.0. The van der Waals surface area contributed by atoms with Crippen molar-refractivity contribution in [3.05, 3.63) is 70.7 Å². The second-order valence-electron chi connectivity index (χ2n) is 6.19. The van der Waals surface area contributed by atoms with Gasteiger partial charge < -0.3 is 16.2 Å². The summed E-state index contributed by atoms with van der Waals surface area (Å²) in [6.45, 7) is 0. The first-order valence-corrected chi connectivity index (χ1v) is 8.30. The molecule has 0 bridgehead atoms. The van der Waals surface area contributed by atoms with Crippen LogP contribution >= 0.6 is 11.6 Å². The van der Waals surface area contributed by atoms with Gasteiger partial charge in [0.05, 0.1) is 6.07 Å². The molecule has 1 aliphatic rings. The Balaban J connectivity index is 2.18. The van der Waals surface area contributed by atoms with Crippen molar-refractivity contribution in [1.29, 1.82) is 5.26 Å². The number of nitrogens with zero attached hydrogens (tertiary/aromatic N) is 1. The molecule has 4 atom stereocenters. The number of nitrogens with two attached hydrogens (primary N) is 1. The number of rotatable bonds is 3. The zero-order valence-corrected chi connectivity index (χ0v) is 14.4. The van der Waals surface area contributed by atoms with Crippen LogP contribution in [0.2, 0.25) is 5.02 Å². The van der Waals surface area contributed by atoms with Crippen LogP contribution in [-0.2, 0) is 15.3 Å². The highest BCUT2D eigenvalue weighted by molar-refractivity contribution is 6.30. The van der Waals surface area contributed by atoms with E-state index in [0.717, 1.165) is 0 Å². The van der Waals surface area contributed by atoms with Crippen molar-refractivity contribution in [2.45, 2.75) is 11.6 Å². The number of piperidine rings is 1. The lowest BCUT2D eigenvalue weighted by Gasteiger charge is -2.44. The number of nitrogens with one attached hydrogen (secondary N) is 1. The summed E-state index contributed by atoms with van der Waals surface area (Å²) in [5.41, 5.74) is 4.36. The number of hydrogen-bond acceptors (Lipinski definition) is 4. The molecule has 0 radical (unpaired) electrons. The Morgan fingerprint density at radius 2 is 1.81 bits per heavy atom. The number of carbonyl (C=O) groups excluding carboxylic acids is 2. The standard InChI is InChI=1S/C19H16ClN3O3/c20-13-8-6-11(7-9-13)15-14(10-21)19(26,12-4-2-1-3-5-12)23-18(25)16(15)17(22)24/h1-9,14-16,26H,(H2,22,24)(H,23,25). The molecular weight excluding hydrogens is 354 g/mol. The predicted octanol–water partition coefficient (Wildman–Crippen LogP) is 1.64. The minimum absolute atomic E-state index is 0.349. The molecule has 1 aliphatic heterocycles. The van der Waals surface area contributed by atoms with Gasteiger partial charge in [-0.25, -0.2) is 0 Å². The minimum atomic E-state index is -1.96. The number of halogens is 1. The molecule has 4 N–H and O–H groups in total. The van der Waals surface area contributed by atoms with Crippen LogP contribution < -0.4 is 11.1 Å². The van der Waals surface area contributed by atoms with E-state index in [1.165, 1.54) is 0 Å². The van der Waals surface area contributed by atoms with Crippen LogP contribution in [0, 0.1) is 23.2 Å².